The van der Waals surface area contributed by atoms with E-state index in [-0.39, 0.29) is 6.61 Å². The number of rotatable bonds is 21. The first kappa shape index (κ1) is 30.9. The monoisotopic (exact) mass is 508 g/mol. The van der Waals surface area contributed by atoms with Crippen molar-refractivity contribution in [1.82, 2.24) is 0 Å². The van der Waals surface area contributed by atoms with Crippen LogP contribution < -0.4 is 0 Å². The van der Waals surface area contributed by atoms with E-state index >= 15 is 0 Å². The fraction of sp³-hybridized carbons (Fsp3) is 0.875. The topological polar surface area (TPSA) is 143 Å². The molecule has 1 unspecified atom stereocenters. The molecule has 0 saturated carbocycles. The first-order valence-corrected chi connectivity index (χ1v) is 14.3. The second-order valence-corrected chi connectivity index (χ2v) is 10.8. The maximum Gasteiger partial charge on any atom is 0.527 e. The van der Waals surface area contributed by atoms with E-state index in [1.165, 1.54) is 64.2 Å². The molecule has 0 fully saturated rings. The predicted octanol–water partition coefficient (Wildman–Crippen LogP) is 5.29. The number of aliphatic hydroxyl groups is 3. The summed E-state index contributed by atoms with van der Waals surface area (Å²) in [5, 5.41) is 28.2. The third-order valence-electron chi connectivity index (χ3n) is 5.84. The summed E-state index contributed by atoms with van der Waals surface area (Å²) < 4.78 is 26.1. The summed E-state index contributed by atoms with van der Waals surface area (Å²) in [5.74, 6) is -2.14. The van der Waals surface area contributed by atoms with E-state index in [0.717, 1.165) is 25.2 Å². The van der Waals surface area contributed by atoms with Gasteiger partial charge in [-0.3, -0.25) is 9.42 Å². The van der Waals surface area contributed by atoms with Gasteiger partial charge in [-0.25, -0.2) is 9.36 Å². The average molecular weight is 509 g/mol. The molecule has 0 bridgehead atoms. The van der Waals surface area contributed by atoms with Gasteiger partial charge in [0.15, 0.2) is 11.9 Å². The summed E-state index contributed by atoms with van der Waals surface area (Å²) in [6.45, 7) is 3.75. The predicted molar refractivity (Wildman–Crippen MR) is 129 cm³/mol. The van der Waals surface area contributed by atoms with Crippen molar-refractivity contribution in [2.24, 2.45) is 5.92 Å². The molecule has 1 heterocycles. The van der Waals surface area contributed by atoms with Crippen molar-refractivity contribution >= 4 is 13.8 Å². The van der Waals surface area contributed by atoms with Crippen LogP contribution in [0.15, 0.2) is 11.5 Å². The minimum Gasteiger partial charge on any atom is -0.505 e. The summed E-state index contributed by atoms with van der Waals surface area (Å²) in [7, 11) is -4.64. The Morgan fingerprint density at radius 1 is 0.912 bits per heavy atom. The minimum absolute atomic E-state index is 0.0310. The van der Waals surface area contributed by atoms with Crippen molar-refractivity contribution < 1.29 is 43.4 Å². The molecule has 3 atom stereocenters. The maximum absolute atomic E-state index is 12.0. The molecule has 0 amide bonds. The third kappa shape index (κ3) is 13.1. The molecule has 0 spiro atoms. The number of hydrogen-bond donors (Lipinski definition) is 4. The van der Waals surface area contributed by atoms with Gasteiger partial charge in [0.05, 0.1) is 13.2 Å². The highest BCUT2D eigenvalue weighted by atomic mass is 31.2. The molecular weight excluding hydrogens is 463 g/mol. The quantitative estimate of drug-likeness (QED) is 0.0924. The normalized spacial score (nSPS) is 18.9. The van der Waals surface area contributed by atoms with Gasteiger partial charge in [-0.1, -0.05) is 97.3 Å². The summed E-state index contributed by atoms with van der Waals surface area (Å²) in [6, 6.07) is 0. The van der Waals surface area contributed by atoms with Gasteiger partial charge < -0.3 is 24.6 Å². The zero-order chi connectivity index (χ0) is 25.4. The number of phosphoric ester groups is 1. The Kier molecular flexibility index (Phi) is 15.8. The Labute approximate surface area is 204 Å². The van der Waals surface area contributed by atoms with Crippen molar-refractivity contribution in [2.75, 3.05) is 13.2 Å². The van der Waals surface area contributed by atoms with Crippen LogP contribution in [0.4, 0.5) is 0 Å². The third-order valence-corrected chi connectivity index (χ3v) is 6.77. The van der Waals surface area contributed by atoms with Crippen molar-refractivity contribution in [3.63, 3.8) is 0 Å². The maximum atomic E-state index is 12.0. The first-order chi connectivity index (χ1) is 16.2. The standard InChI is InChI=1S/C24H45O9P/c1-19(2)16-14-12-10-8-6-4-3-5-7-9-11-13-15-17-31-34(29,30)33-23-21(27)22(20(26)18-25)32-24(23)28/h19-20,22,25-27H,3-18H2,1-2H3,(H,29,30)/t20-,22+/m0/s1. The van der Waals surface area contributed by atoms with E-state index in [1.54, 1.807) is 0 Å². The number of cyclic esters (lactones) is 1. The molecule has 10 heteroatoms. The molecule has 1 aliphatic rings. The van der Waals surface area contributed by atoms with E-state index in [0.29, 0.717) is 6.42 Å². The zero-order valence-corrected chi connectivity index (χ0v) is 21.7. The van der Waals surface area contributed by atoms with Crippen LogP contribution in [0.1, 0.15) is 104 Å². The zero-order valence-electron chi connectivity index (χ0n) is 20.8. The first-order valence-electron chi connectivity index (χ1n) is 12.8. The number of hydrogen-bond acceptors (Lipinski definition) is 8. The van der Waals surface area contributed by atoms with E-state index in [2.05, 4.69) is 23.1 Å². The number of carbonyl (C=O) groups excluding carboxylic acids is 1. The SMILES string of the molecule is CC(C)CCCCCCCCCCCCCCCOP(=O)(O)OC1=C(O)[C@@H]([C@@H](O)CO)OC1=O. The lowest BCUT2D eigenvalue weighted by Crippen LogP contribution is -2.31. The van der Waals surface area contributed by atoms with Gasteiger partial charge in [-0.2, -0.15) is 0 Å². The number of ether oxygens (including phenoxy) is 1. The molecule has 0 aromatic rings. The molecule has 200 valence electrons. The van der Waals surface area contributed by atoms with Crippen LogP contribution in [-0.2, 0) is 23.1 Å². The van der Waals surface area contributed by atoms with Crippen LogP contribution in [0.5, 0.6) is 0 Å². The van der Waals surface area contributed by atoms with E-state index < -0.39 is 44.1 Å². The fourth-order valence-corrected chi connectivity index (χ4v) is 4.63. The average Bonchev–Trinajstić information content (AvgIpc) is 3.05. The van der Waals surface area contributed by atoms with Gasteiger partial charge in [0.2, 0.25) is 0 Å². The molecule has 1 rings (SSSR count). The fourth-order valence-electron chi connectivity index (χ4n) is 3.82. The second kappa shape index (κ2) is 17.3. The van der Waals surface area contributed by atoms with Crippen LogP contribution in [0.25, 0.3) is 0 Å². The summed E-state index contributed by atoms with van der Waals surface area (Å²) in [4.78, 5) is 21.4. The molecule has 34 heavy (non-hydrogen) atoms. The molecular formula is C24H45O9P. The van der Waals surface area contributed by atoms with Crippen molar-refractivity contribution in [3.8, 4) is 0 Å². The van der Waals surface area contributed by atoms with Crippen molar-refractivity contribution in [3.05, 3.63) is 11.5 Å². The van der Waals surface area contributed by atoms with E-state index in [1.807, 2.05) is 0 Å². The van der Waals surface area contributed by atoms with Crippen LogP contribution in [0.3, 0.4) is 0 Å². The van der Waals surface area contributed by atoms with Crippen LogP contribution in [0.2, 0.25) is 0 Å². The number of esters is 1. The lowest BCUT2D eigenvalue weighted by molar-refractivity contribution is -0.147. The minimum atomic E-state index is -4.64. The van der Waals surface area contributed by atoms with Gasteiger partial charge in [0.25, 0.3) is 5.76 Å². The Hall–Kier alpha value is -1.12. The molecule has 0 aromatic carbocycles. The largest absolute Gasteiger partial charge is 0.527 e. The Balaban J connectivity index is 2.02. The van der Waals surface area contributed by atoms with Crippen LogP contribution >= 0.6 is 7.82 Å². The highest BCUT2D eigenvalue weighted by molar-refractivity contribution is 7.47. The lowest BCUT2D eigenvalue weighted by atomic mass is 10.0. The number of carbonyl (C=O) groups is 1. The Morgan fingerprint density at radius 2 is 1.38 bits per heavy atom. The van der Waals surface area contributed by atoms with Gasteiger partial charge in [0.1, 0.15) is 6.10 Å². The molecule has 0 saturated heterocycles. The number of aliphatic hydroxyl groups excluding tert-OH is 3. The molecule has 0 aliphatic carbocycles. The summed E-state index contributed by atoms with van der Waals surface area (Å²) in [5.41, 5.74) is 0. The van der Waals surface area contributed by atoms with Gasteiger partial charge >= 0.3 is 13.8 Å². The second-order valence-electron chi connectivity index (χ2n) is 9.46. The summed E-state index contributed by atoms with van der Waals surface area (Å²) >= 11 is 0. The van der Waals surface area contributed by atoms with Crippen LogP contribution in [0, 0.1) is 5.92 Å². The molecule has 4 N–H and O–H groups in total. The van der Waals surface area contributed by atoms with Gasteiger partial charge in [-0.05, 0) is 12.3 Å². The highest BCUT2D eigenvalue weighted by Gasteiger charge is 2.43. The molecule has 1 aliphatic heterocycles. The molecule has 0 aromatic heterocycles. The van der Waals surface area contributed by atoms with E-state index in [9.17, 15) is 24.5 Å². The van der Waals surface area contributed by atoms with Crippen molar-refractivity contribution in [1.29, 1.82) is 0 Å². The smallest absolute Gasteiger partial charge is 0.505 e. The van der Waals surface area contributed by atoms with Crippen LogP contribution in [-0.4, -0.2) is 51.6 Å². The van der Waals surface area contributed by atoms with Gasteiger partial charge in [-0.15, -0.1) is 0 Å². The number of unbranched alkanes of at least 4 members (excludes halogenated alkanes) is 12. The van der Waals surface area contributed by atoms with Gasteiger partial charge in [0, 0.05) is 0 Å². The highest BCUT2D eigenvalue weighted by Crippen LogP contribution is 2.47. The Bertz CT molecular complexity index is 650. The number of phosphoric acid groups is 1. The van der Waals surface area contributed by atoms with E-state index in [4.69, 9.17) is 9.63 Å². The summed E-state index contributed by atoms with van der Waals surface area (Å²) in [6.07, 6.45) is 13.5. The molecule has 0 radical (unpaired) electrons. The van der Waals surface area contributed by atoms with Crippen molar-refractivity contribution in [2.45, 2.75) is 116 Å². The molecule has 9 nitrogen and oxygen atoms in total. The Morgan fingerprint density at radius 3 is 1.85 bits per heavy atom. The lowest BCUT2D eigenvalue weighted by Gasteiger charge is -2.14.